The summed E-state index contributed by atoms with van der Waals surface area (Å²) in [6, 6.07) is 8.90. The van der Waals surface area contributed by atoms with Crippen LogP contribution in [0.3, 0.4) is 0 Å². The Morgan fingerprint density at radius 1 is 1.14 bits per heavy atom. The van der Waals surface area contributed by atoms with E-state index in [1.54, 1.807) is 24.3 Å². The first-order chi connectivity index (χ1) is 10.0. The zero-order valence-electron chi connectivity index (χ0n) is 11.5. The van der Waals surface area contributed by atoms with E-state index in [0.717, 1.165) is 17.7 Å². The summed E-state index contributed by atoms with van der Waals surface area (Å²) in [5, 5.41) is 11.7. The number of carbonyl (C=O) groups excluding carboxylic acids is 1. The Hall–Kier alpha value is -2.27. The van der Waals surface area contributed by atoms with E-state index in [-0.39, 0.29) is 24.3 Å². The molecule has 5 heteroatoms. The molecule has 0 aromatic heterocycles. The average Bonchev–Trinajstić information content (AvgIpc) is 2.48. The highest BCUT2D eigenvalue weighted by atomic mass is 19.1. The van der Waals surface area contributed by atoms with Crippen molar-refractivity contribution in [3.63, 3.8) is 0 Å². The summed E-state index contributed by atoms with van der Waals surface area (Å²) < 4.78 is 27.1. The molecule has 0 fully saturated rings. The fourth-order valence-electron chi connectivity index (χ4n) is 1.98. The molecule has 0 spiro atoms. The number of aryl methyl sites for hydroxylation is 1. The fraction of sp³-hybridized carbons (Fsp3) is 0.188. The lowest BCUT2D eigenvalue weighted by Crippen LogP contribution is -2.24. The molecule has 0 aliphatic carbocycles. The number of aliphatic hydroxyl groups excluding tert-OH is 1. The van der Waals surface area contributed by atoms with E-state index in [1.807, 2.05) is 0 Å². The number of rotatable bonds is 4. The molecule has 2 N–H and O–H groups in total. The summed E-state index contributed by atoms with van der Waals surface area (Å²) in [5.74, 6) is -2.08. The van der Waals surface area contributed by atoms with Gasteiger partial charge in [0.1, 0.15) is 11.6 Å². The molecule has 0 unspecified atom stereocenters. The Labute approximate surface area is 121 Å². The molecule has 0 saturated carbocycles. The number of carbonyl (C=O) groups is 1. The van der Waals surface area contributed by atoms with E-state index in [0.29, 0.717) is 5.56 Å². The molecule has 21 heavy (non-hydrogen) atoms. The van der Waals surface area contributed by atoms with Gasteiger partial charge in [0.05, 0.1) is 12.2 Å². The zero-order valence-corrected chi connectivity index (χ0v) is 11.5. The largest absolute Gasteiger partial charge is 0.392 e. The van der Waals surface area contributed by atoms with Crippen molar-refractivity contribution < 1.29 is 18.7 Å². The van der Waals surface area contributed by atoms with E-state index in [2.05, 4.69) is 5.32 Å². The topological polar surface area (TPSA) is 49.3 Å². The van der Waals surface area contributed by atoms with Crippen LogP contribution in [0, 0.1) is 18.6 Å². The Morgan fingerprint density at radius 2 is 1.81 bits per heavy atom. The van der Waals surface area contributed by atoms with Gasteiger partial charge in [0.2, 0.25) is 0 Å². The monoisotopic (exact) mass is 291 g/mol. The summed E-state index contributed by atoms with van der Waals surface area (Å²) in [7, 11) is 0. The molecular formula is C16H15F2NO2. The molecule has 0 saturated heterocycles. The first kappa shape index (κ1) is 15.1. The molecule has 0 bridgehead atoms. The SMILES string of the molecule is Cc1cc(F)c(C(=O)NCc2ccccc2CO)cc1F. The molecule has 3 nitrogen and oxygen atoms in total. The van der Waals surface area contributed by atoms with Gasteiger partial charge in [-0.25, -0.2) is 8.78 Å². The van der Waals surface area contributed by atoms with Crippen molar-refractivity contribution >= 4 is 5.91 Å². The smallest absolute Gasteiger partial charge is 0.254 e. The lowest BCUT2D eigenvalue weighted by atomic mass is 10.1. The number of nitrogens with one attached hydrogen (secondary N) is 1. The third-order valence-electron chi connectivity index (χ3n) is 3.22. The first-order valence-electron chi connectivity index (χ1n) is 6.44. The highest BCUT2D eigenvalue weighted by Crippen LogP contribution is 2.15. The number of benzene rings is 2. The highest BCUT2D eigenvalue weighted by molar-refractivity contribution is 5.94. The van der Waals surface area contributed by atoms with Crippen LogP contribution < -0.4 is 5.32 Å². The molecule has 2 aromatic carbocycles. The van der Waals surface area contributed by atoms with Crippen molar-refractivity contribution in [2.45, 2.75) is 20.1 Å². The van der Waals surface area contributed by atoms with Crippen LogP contribution in [0.25, 0.3) is 0 Å². The van der Waals surface area contributed by atoms with E-state index < -0.39 is 17.5 Å². The molecule has 0 aliphatic heterocycles. The molecule has 110 valence electrons. The van der Waals surface area contributed by atoms with Crippen LogP contribution in [-0.2, 0) is 13.2 Å². The predicted octanol–water partition coefficient (Wildman–Crippen LogP) is 2.70. The third kappa shape index (κ3) is 3.44. The summed E-state index contributed by atoms with van der Waals surface area (Å²) in [4.78, 5) is 11.9. The van der Waals surface area contributed by atoms with Crippen LogP contribution in [0.5, 0.6) is 0 Å². The highest BCUT2D eigenvalue weighted by Gasteiger charge is 2.14. The molecule has 2 aromatic rings. The molecule has 0 heterocycles. The van der Waals surface area contributed by atoms with Crippen molar-refractivity contribution in [3.8, 4) is 0 Å². The molecule has 1 amide bonds. The van der Waals surface area contributed by atoms with Crippen molar-refractivity contribution in [3.05, 3.63) is 70.3 Å². The minimum atomic E-state index is -0.762. The summed E-state index contributed by atoms with van der Waals surface area (Å²) in [5.41, 5.74) is 1.21. The van der Waals surface area contributed by atoms with Gasteiger partial charge in [0, 0.05) is 6.54 Å². The van der Waals surface area contributed by atoms with Crippen molar-refractivity contribution in [2.75, 3.05) is 0 Å². The van der Waals surface area contributed by atoms with Gasteiger partial charge in [-0.15, -0.1) is 0 Å². The van der Waals surface area contributed by atoms with Gasteiger partial charge in [0.25, 0.3) is 5.91 Å². The maximum absolute atomic E-state index is 13.7. The number of halogens is 2. The summed E-state index contributed by atoms with van der Waals surface area (Å²) >= 11 is 0. The van der Waals surface area contributed by atoms with Gasteiger partial charge in [-0.3, -0.25) is 4.79 Å². The summed E-state index contributed by atoms with van der Waals surface area (Å²) in [6.45, 7) is 1.40. The van der Waals surface area contributed by atoms with Gasteiger partial charge in [-0.05, 0) is 35.7 Å². The lowest BCUT2D eigenvalue weighted by Gasteiger charge is -2.10. The van der Waals surface area contributed by atoms with Crippen molar-refractivity contribution in [1.29, 1.82) is 0 Å². The maximum atomic E-state index is 13.7. The maximum Gasteiger partial charge on any atom is 0.254 e. The standard InChI is InChI=1S/C16H15F2NO2/c1-10-6-15(18)13(7-14(10)17)16(21)19-8-11-4-2-3-5-12(11)9-20/h2-7,20H,8-9H2,1H3,(H,19,21). The first-order valence-corrected chi connectivity index (χ1v) is 6.44. The minimum Gasteiger partial charge on any atom is -0.392 e. The minimum absolute atomic E-state index is 0.129. The molecule has 2 rings (SSSR count). The van der Waals surface area contributed by atoms with E-state index in [1.165, 1.54) is 6.92 Å². The Kier molecular flexibility index (Phi) is 4.65. The zero-order chi connectivity index (χ0) is 15.4. The Bertz CT molecular complexity index is 671. The number of hydrogen-bond donors (Lipinski definition) is 2. The van der Waals surface area contributed by atoms with Gasteiger partial charge in [0.15, 0.2) is 0 Å². The summed E-state index contributed by atoms with van der Waals surface area (Å²) in [6.07, 6.45) is 0. The van der Waals surface area contributed by atoms with Gasteiger partial charge in [-0.1, -0.05) is 24.3 Å². The van der Waals surface area contributed by atoms with Crippen LogP contribution in [0.4, 0.5) is 8.78 Å². The Balaban J connectivity index is 2.14. The van der Waals surface area contributed by atoms with Crippen LogP contribution in [0.1, 0.15) is 27.0 Å². The van der Waals surface area contributed by atoms with Crippen LogP contribution in [-0.4, -0.2) is 11.0 Å². The van der Waals surface area contributed by atoms with Crippen LogP contribution in [0.2, 0.25) is 0 Å². The Morgan fingerprint density at radius 3 is 2.48 bits per heavy atom. The third-order valence-corrected chi connectivity index (χ3v) is 3.22. The van der Waals surface area contributed by atoms with Crippen LogP contribution >= 0.6 is 0 Å². The van der Waals surface area contributed by atoms with E-state index in [4.69, 9.17) is 0 Å². The van der Waals surface area contributed by atoms with Crippen molar-refractivity contribution in [1.82, 2.24) is 5.32 Å². The van der Waals surface area contributed by atoms with E-state index in [9.17, 15) is 18.7 Å². The molecule has 0 atom stereocenters. The molecule has 0 radical (unpaired) electrons. The van der Waals surface area contributed by atoms with Gasteiger partial charge in [-0.2, -0.15) is 0 Å². The molecule has 0 aliphatic rings. The van der Waals surface area contributed by atoms with E-state index >= 15 is 0 Å². The lowest BCUT2D eigenvalue weighted by molar-refractivity contribution is 0.0946. The molecular weight excluding hydrogens is 276 g/mol. The number of amides is 1. The number of hydrogen-bond acceptors (Lipinski definition) is 2. The second-order valence-electron chi connectivity index (χ2n) is 4.69. The average molecular weight is 291 g/mol. The quantitative estimate of drug-likeness (QED) is 0.910. The fourth-order valence-corrected chi connectivity index (χ4v) is 1.98. The number of aliphatic hydroxyl groups is 1. The predicted molar refractivity (Wildman–Crippen MR) is 74.6 cm³/mol. The second kappa shape index (κ2) is 6.45. The van der Waals surface area contributed by atoms with Gasteiger partial charge < -0.3 is 10.4 Å². The normalized spacial score (nSPS) is 10.5. The van der Waals surface area contributed by atoms with Crippen molar-refractivity contribution in [2.24, 2.45) is 0 Å². The van der Waals surface area contributed by atoms with Crippen LogP contribution in [0.15, 0.2) is 36.4 Å². The van der Waals surface area contributed by atoms with Gasteiger partial charge >= 0.3 is 0 Å². The second-order valence-corrected chi connectivity index (χ2v) is 4.69.